The third-order valence-electron chi connectivity index (χ3n) is 4.48. The normalized spacial score (nSPS) is 37.6. The molecule has 6 nitrogen and oxygen atoms in total. The molecule has 3 fully saturated rings. The van der Waals surface area contributed by atoms with E-state index in [9.17, 15) is 8.42 Å². The molecule has 110 valence electrons. The molecular formula is C12H23N3O3S. The van der Waals surface area contributed by atoms with Gasteiger partial charge < -0.3 is 10.5 Å². The van der Waals surface area contributed by atoms with E-state index in [0.29, 0.717) is 38.6 Å². The maximum Gasteiger partial charge on any atom is 0.282 e. The van der Waals surface area contributed by atoms with Gasteiger partial charge in [-0.15, -0.1) is 0 Å². The van der Waals surface area contributed by atoms with Gasteiger partial charge in [-0.05, 0) is 38.1 Å². The molecule has 0 saturated carbocycles. The van der Waals surface area contributed by atoms with Crippen LogP contribution in [-0.2, 0) is 14.9 Å². The van der Waals surface area contributed by atoms with Crippen LogP contribution in [0.25, 0.3) is 0 Å². The fourth-order valence-electron chi connectivity index (χ4n) is 3.36. The van der Waals surface area contributed by atoms with Crippen LogP contribution in [0.15, 0.2) is 0 Å². The Kier molecular flexibility index (Phi) is 3.83. The number of nitrogens with zero attached hydrogens (tertiary/aromatic N) is 2. The van der Waals surface area contributed by atoms with Crippen LogP contribution < -0.4 is 5.73 Å². The maximum atomic E-state index is 12.7. The van der Waals surface area contributed by atoms with Crippen molar-refractivity contribution in [1.29, 1.82) is 0 Å². The Morgan fingerprint density at radius 3 is 2.37 bits per heavy atom. The van der Waals surface area contributed by atoms with E-state index in [2.05, 4.69) is 0 Å². The van der Waals surface area contributed by atoms with Crippen LogP contribution in [0.5, 0.6) is 0 Å². The molecule has 0 aromatic carbocycles. The van der Waals surface area contributed by atoms with Crippen molar-refractivity contribution in [2.75, 3.05) is 32.7 Å². The Morgan fingerprint density at radius 2 is 1.74 bits per heavy atom. The van der Waals surface area contributed by atoms with Crippen molar-refractivity contribution in [3.05, 3.63) is 0 Å². The third kappa shape index (κ3) is 2.67. The van der Waals surface area contributed by atoms with E-state index in [4.69, 9.17) is 10.5 Å². The quantitative estimate of drug-likeness (QED) is 0.778. The Hall–Kier alpha value is -0.210. The summed E-state index contributed by atoms with van der Waals surface area (Å²) in [7, 11) is -3.32. The summed E-state index contributed by atoms with van der Waals surface area (Å²) in [4.78, 5) is 0. The zero-order valence-corrected chi connectivity index (χ0v) is 12.0. The number of morpholine rings is 1. The molecule has 3 heterocycles. The molecule has 0 amide bonds. The van der Waals surface area contributed by atoms with Crippen molar-refractivity contribution >= 4 is 10.2 Å². The summed E-state index contributed by atoms with van der Waals surface area (Å²) >= 11 is 0. The number of ether oxygens (including phenoxy) is 1. The van der Waals surface area contributed by atoms with Crippen LogP contribution in [0, 0.1) is 5.92 Å². The topological polar surface area (TPSA) is 75.9 Å². The summed E-state index contributed by atoms with van der Waals surface area (Å²) in [5.41, 5.74) is 5.69. The van der Waals surface area contributed by atoms with Gasteiger partial charge in [-0.3, -0.25) is 0 Å². The summed E-state index contributed by atoms with van der Waals surface area (Å²) in [6, 6.07) is 0. The first-order chi connectivity index (χ1) is 9.09. The molecule has 0 aromatic heterocycles. The fourth-order valence-corrected chi connectivity index (χ4v) is 5.15. The molecule has 3 unspecified atom stereocenters. The van der Waals surface area contributed by atoms with Gasteiger partial charge in [-0.25, -0.2) is 0 Å². The largest absolute Gasteiger partial charge is 0.372 e. The van der Waals surface area contributed by atoms with Gasteiger partial charge in [0.15, 0.2) is 0 Å². The van der Waals surface area contributed by atoms with Crippen LogP contribution in [-0.4, -0.2) is 62.0 Å². The highest BCUT2D eigenvalue weighted by Gasteiger charge is 2.41. The van der Waals surface area contributed by atoms with Crippen LogP contribution >= 0.6 is 0 Å². The average molecular weight is 289 g/mol. The molecule has 3 atom stereocenters. The average Bonchev–Trinajstić information content (AvgIpc) is 2.77. The standard InChI is InChI=1S/C12H23N3O3S/c13-6-10-2-1-5-14(7-10)19(16,17)15-8-11-3-4-12(9-15)18-11/h10-12H,1-9,13H2. The van der Waals surface area contributed by atoms with E-state index in [-0.39, 0.29) is 12.2 Å². The first kappa shape index (κ1) is 13.8. The lowest BCUT2D eigenvalue weighted by atomic mass is 10.0. The van der Waals surface area contributed by atoms with Gasteiger partial charge in [0, 0.05) is 26.2 Å². The zero-order chi connectivity index (χ0) is 13.5. The summed E-state index contributed by atoms with van der Waals surface area (Å²) in [5.74, 6) is 0.307. The molecule has 2 N–H and O–H groups in total. The van der Waals surface area contributed by atoms with Crippen LogP contribution in [0.3, 0.4) is 0 Å². The second-order valence-corrected chi connectivity index (χ2v) is 7.81. The smallest absolute Gasteiger partial charge is 0.282 e. The predicted molar refractivity (Wildman–Crippen MR) is 71.7 cm³/mol. The first-order valence-electron chi connectivity index (χ1n) is 7.20. The Morgan fingerprint density at radius 1 is 1.05 bits per heavy atom. The molecule has 0 radical (unpaired) electrons. The van der Waals surface area contributed by atoms with E-state index >= 15 is 0 Å². The van der Waals surface area contributed by atoms with E-state index in [1.807, 2.05) is 0 Å². The van der Waals surface area contributed by atoms with E-state index < -0.39 is 10.2 Å². The Balaban J connectivity index is 1.71. The van der Waals surface area contributed by atoms with Crippen molar-refractivity contribution in [2.24, 2.45) is 11.7 Å². The van der Waals surface area contributed by atoms with Gasteiger partial charge in [0.2, 0.25) is 0 Å². The molecule has 3 aliphatic rings. The number of hydrogen-bond acceptors (Lipinski definition) is 4. The SMILES string of the molecule is NCC1CCCN(S(=O)(=O)N2CC3CCC(C2)O3)C1. The lowest BCUT2D eigenvalue weighted by molar-refractivity contribution is -0.0135. The number of fused-ring (bicyclic) bond motifs is 2. The highest BCUT2D eigenvalue weighted by atomic mass is 32.2. The molecule has 3 aliphatic heterocycles. The van der Waals surface area contributed by atoms with Crippen molar-refractivity contribution in [3.8, 4) is 0 Å². The Labute approximate surface area is 115 Å². The van der Waals surface area contributed by atoms with Crippen LogP contribution in [0.4, 0.5) is 0 Å². The summed E-state index contributed by atoms with van der Waals surface area (Å²) < 4.78 is 34.3. The van der Waals surface area contributed by atoms with Gasteiger partial charge in [0.05, 0.1) is 12.2 Å². The highest BCUT2D eigenvalue weighted by Crippen LogP contribution is 2.29. The molecular weight excluding hydrogens is 266 g/mol. The van der Waals surface area contributed by atoms with E-state index in [0.717, 1.165) is 25.7 Å². The molecule has 19 heavy (non-hydrogen) atoms. The fraction of sp³-hybridized carbons (Fsp3) is 1.00. The van der Waals surface area contributed by atoms with E-state index in [1.54, 1.807) is 8.61 Å². The Bertz CT molecular complexity index is 416. The first-order valence-corrected chi connectivity index (χ1v) is 8.60. The van der Waals surface area contributed by atoms with Crippen LogP contribution in [0.1, 0.15) is 25.7 Å². The van der Waals surface area contributed by atoms with Crippen molar-refractivity contribution < 1.29 is 13.2 Å². The molecule has 3 saturated heterocycles. The minimum absolute atomic E-state index is 0.101. The van der Waals surface area contributed by atoms with Gasteiger partial charge in [-0.1, -0.05) is 0 Å². The second kappa shape index (κ2) is 5.29. The van der Waals surface area contributed by atoms with Crippen LogP contribution in [0.2, 0.25) is 0 Å². The maximum absolute atomic E-state index is 12.7. The second-order valence-electron chi connectivity index (χ2n) is 5.88. The van der Waals surface area contributed by atoms with E-state index in [1.165, 1.54) is 0 Å². The minimum atomic E-state index is -3.32. The molecule has 0 spiro atoms. The van der Waals surface area contributed by atoms with Crippen molar-refractivity contribution in [2.45, 2.75) is 37.9 Å². The summed E-state index contributed by atoms with van der Waals surface area (Å²) in [6.45, 7) is 2.81. The number of hydrogen-bond donors (Lipinski definition) is 1. The zero-order valence-electron chi connectivity index (χ0n) is 11.2. The molecule has 0 aromatic rings. The number of piperidine rings is 1. The van der Waals surface area contributed by atoms with Crippen molar-refractivity contribution in [3.63, 3.8) is 0 Å². The monoisotopic (exact) mass is 289 g/mol. The number of rotatable bonds is 3. The molecule has 3 rings (SSSR count). The molecule has 7 heteroatoms. The minimum Gasteiger partial charge on any atom is -0.372 e. The highest BCUT2D eigenvalue weighted by molar-refractivity contribution is 7.86. The van der Waals surface area contributed by atoms with Gasteiger partial charge in [-0.2, -0.15) is 17.0 Å². The lowest BCUT2D eigenvalue weighted by Gasteiger charge is -2.38. The number of nitrogens with two attached hydrogens (primary N) is 1. The summed E-state index contributed by atoms with van der Waals surface area (Å²) in [6.07, 6.45) is 4.13. The summed E-state index contributed by atoms with van der Waals surface area (Å²) in [5, 5.41) is 0. The molecule has 2 bridgehead atoms. The predicted octanol–water partition coefficient (Wildman–Crippen LogP) is -0.235. The molecule has 0 aliphatic carbocycles. The van der Waals surface area contributed by atoms with Gasteiger partial charge in [0.25, 0.3) is 10.2 Å². The lowest BCUT2D eigenvalue weighted by Crippen LogP contribution is -2.54. The van der Waals surface area contributed by atoms with Gasteiger partial charge in [0.1, 0.15) is 0 Å². The third-order valence-corrected chi connectivity index (χ3v) is 6.41. The van der Waals surface area contributed by atoms with Gasteiger partial charge >= 0.3 is 0 Å². The van der Waals surface area contributed by atoms with Crippen molar-refractivity contribution in [1.82, 2.24) is 8.61 Å².